The maximum atomic E-state index is 11.7. The van der Waals surface area contributed by atoms with E-state index < -0.39 is 10.8 Å². The van der Waals surface area contributed by atoms with Gasteiger partial charge in [-0.25, -0.2) is 0 Å². The van der Waals surface area contributed by atoms with Crippen molar-refractivity contribution in [2.45, 2.75) is 6.92 Å². The highest BCUT2D eigenvalue weighted by Gasteiger charge is 2.14. The first kappa shape index (κ1) is 13.9. The molecule has 0 aliphatic carbocycles. The summed E-state index contributed by atoms with van der Waals surface area (Å²) in [6, 6.07) is 5.60. The van der Waals surface area contributed by atoms with E-state index in [0.717, 1.165) is 12.1 Å². The molecule has 0 saturated carbocycles. The Kier molecular flexibility index (Phi) is 4.63. The van der Waals surface area contributed by atoms with Crippen LogP contribution in [-0.4, -0.2) is 17.4 Å². The van der Waals surface area contributed by atoms with Crippen LogP contribution in [-0.2, 0) is 0 Å². The first-order valence-corrected chi connectivity index (χ1v) is 5.44. The van der Waals surface area contributed by atoms with Crippen LogP contribution in [0.2, 0.25) is 5.02 Å². The van der Waals surface area contributed by atoms with Crippen molar-refractivity contribution >= 4 is 23.2 Å². The second-order valence-corrected chi connectivity index (χ2v) is 4.13. The number of nitro groups is 1. The van der Waals surface area contributed by atoms with E-state index >= 15 is 0 Å². The molecule has 1 N–H and O–H groups in total. The Morgan fingerprint density at radius 3 is 2.83 bits per heavy atom. The summed E-state index contributed by atoms with van der Waals surface area (Å²) in [5.41, 5.74) is -0.152. The molecule has 0 radical (unpaired) electrons. The van der Waals surface area contributed by atoms with Crippen LogP contribution in [0.25, 0.3) is 0 Å². The summed E-state index contributed by atoms with van der Waals surface area (Å²) in [4.78, 5) is 21.7. The number of nitrogens with zero attached hydrogens (tertiary/aromatic N) is 2. The second kappa shape index (κ2) is 5.98. The van der Waals surface area contributed by atoms with Crippen LogP contribution in [0.4, 0.5) is 5.69 Å². The van der Waals surface area contributed by atoms with Crippen molar-refractivity contribution in [2.75, 3.05) is 6.54 Å². The number of nitrogens with one attached hydrogen (secondary N) is 1. The molecule has 1 amide bonds. The monoisotopic (exact) mass is 267 g/mol. The van der Waals surface area contributed by atoms with Crippen LogP contribution < -0.4 is 5.32 Å². The molecule has 0 bridgehead atoms. The molecule has 0 aromatic heterocycles. The minimum atomic E-state index is -0.624. The number of nitro benzene ring substituents is 1. The maximum absolute atomic E-state index is 11.7. The average Bonchev–Trinajstić information content (AvgIpc) is 2.34. The van der Waals surface area contributed by atoms with Crippen LogP contribution in [0.15, 0.2) is 18.2 Å². The number of hydrogen-bond acceptors (Lipinski definition) is 4. The van der Waals surface area contributed by atoms with Gasteiger partial charge in [-0.3, -0.25) is 14.9 Å². The van der Waals surface area contributed by atoms with Gasteiger partial charge in [0.15, 0.2) is 0 Å². The maximum Gasteiger partial charge on any atom is 0.271 e. The lowest BCUT2D eigenvalue weighted by Gasteiger charge is -2.06. The topological polar surface area (TPSA) is 96.0 Å². The van der Waals surface area contributed by atoms with Crippen LogP contribution in [0.1, 0.15) is 17.3 Å². The quantitative estimate of drug-likeness (QED) is 0.667. The van der Waals surface area contributed by atoms with Gasteiger partial charge in [0, 0.05) is 29.3 Å². The van der Waals surface area contributed by atoms with Gasteiger partial charge in [0.25, 0.3) is 11.6 Å². The lowest BCUT2D eigenvalue weighted by molar-refractivity contribution is -0.384. The number of nitriles is 1. The molecule has 1 aromatic rings. The van der Waals surface area contributed by atoms with Crippen molar-refractivity contribution in [3.8, 4) is 6.07 Å². The van der Waals surface area contributed by atoms with Gasteiger partial charge in [-0.05, 0) is 13.0 Å². The molecule has 0 saturated heterocycles. The van der Waals surface area contributed by atoms with E-state index in [1.54, 1.807) is 6.92 Å². The van der Waals surface area contributed by atoms with E-state index in [2.05, 4.69) is 5.32 Å². The summed E-state index contributed by atoms with van der Waals surface area (Å²) in [6.07, 6.45) is 0. The number of rotatable bonds is 4. The molecule has 6 nitrogen and oxygen atoms in total. The number of benzene rings is 1. The largest absolute Gasteiger partial charge is 0.351 e. The lowest BCUT2D eigenvalue weighted by Crippen LogP contribution is -2.27. The van der Waals surface area contributed by atoms with E-state index in [9.17, 15) is 14.9 Å². The smallest absolute Gasteiger partial charge is 0.271 e. The third-order valence-electron chi connectivity index (χ3n) is 2.14. The molecule has 1 atom stereocenters. The van der Waals surface area contributed by atoms with Crippen LogP contribution in [0.5, 0.6) is 0 Å². The van der Waals surface area contributed by atoms with Crippen molar-refractivity contribution < 1.29 is 9.72 Å². The highest BCUT2D eigenvalue weighted by molar-refractivity contribution is 6.31. The molecule has 94 valence electrons. The fraction of sp³-hybridized carbons (Fsp3) is 0.273. The van der Waals surface area contributed by atoms with Gasteiger partial charge >= 0.3 is 0 Å². The third kappa shape index (κ3) is 3.71. The number of hydrogen-bond donors (Lipinski definition) is 1. The summed E-state index contributed by atoms with van der Waals surface area (Å²) < 4.78 is 0. The first-order chi connectivity index (χ1) is 8.43. The summed E-state index contributed by atoms with van der Waals surface area (Å²) in [6.45, 7) is 1.83. The van der Waals surface area contributed by atoms with Gasteiger partial charge in [0.05, 0.1) is 16.9 Å². The van der Waals surface area contributed by atoms with E-state index in [-0.39, 0.29) is 28.7 Å². The van der Waals surface area contributed by atoms with Gasteiger partial charge in [0.2, 0.25) is 0 Å². The highest BCUT2D eigenvalue weighted by atomic mass is 35.5. The van der Waals surface area contributed by atoms with Gasteiger partial charge in [-0.15, -0.1) is 0 Å². The SMILES string of the molecule is CC(C#N)CNC(=O)c1cc(Cl)cc([N+](=O)[O-])c1. The van der Waals surface area contributed by atoms with Gasteiger partial charge in [-0.2, -0.15) is 5.26 Å². The van der Waals surface area contributed by atoms with Gasteiger partial charge in [0.1, 0.15) is 0 Å². The van der Waals surface area contributed by atoms with Crippen molar-refractivity contribution in [3.63, 3.8) is 0 Å². The zero-order valence-electron chi connectivity index (χ0n) is 9.51. The molecule has 18 heavy (non-hydrogen) atoms. The normalized spacial score (nSPS) is 11.4. The van der Waals surface area contributed by atoms with E-state index in [1.807, 2.05) is 6.07 Å². The number of carbonyl (C=O) groups is 1. The van der Waals surface area contributed by atoms with Crippen molar-refractivity contribution in [1.82, 2.24) is 5.32 Å². The summed E-state index contributed by atoms with van der Waals surface area (Å²) in [5, 5.41) is 21.8. The van der Waals surface area contributed by atoms with Crippen molar-refractivity contribution in [2.24, 2.45) is 5.92 Å². The Balaban J connectivity index is 2.86. The van der Waals surface area contributed by atoms with E-state index in [4.69, 9.17) is 16.9 Å². The third-order valence-corrected chi connectivity index (χ3v) is 2.36. The standard InChI is InChI=1S/C11H10ClN3O3/c1-7(5-13)6-14-11(16)8-2-9(12)4-10(3-8)15(17)18/h2-4,7H,6H2,1H3,(H,14,16). The second-order valence-electron chi connectivity index (χ2n) is 3.70. The Morgan fingerprint density at radius 1 is 1.61 bits per heavy atom. The number of halogens is 1. The minimum absolute atomic E-state index is 0.0966. The zero-order chi connectivity index (χ0) is 13.7. The van der Waals surface area contributed by atoms with E-state index in [0.29, 0.717) is 0 Å². The summed E-state index contributed by atoms with van der Waals surface area (Å²) in [7, 11) is 0. The summed E-state index contributed by atoms with van der Waals surface area (Å²) in [5.74, 6) is -0.828. The predicted octanol–water partition coefficient (Wildman–Crippen LogP) is 2.14. The van der Waals surface area contributed by atoms with Crippen molar-refractivity contribution in [1.29, 1.82) is 5.26 Å². The first-order valence-electron chi connectivity index (χ1n) is 5.07. The molecule has 0 spiro atoms. The number of carbonyl (C=O) groups excluding carboxylic acids is 1. The molecule has 1 unspecified atom stereocenters. The van der Waals surface area contributed by atoms with Gasteiger partial charge < -0.3 is 5.32 Å². The Bertz CT molecular complexity index is 525. The molecule has 0 heterocycles. The molecule has 1 rings (SSSR count). The van der Waals surface area contributed by atoms with Gasteiger partial charge in [-0.1, -0.05) is 11.6 Å². The lowest BCUT2D eigenvalue weighted by atomic mass is 10.1. The zero-order valence-corrected chi connectivity index (χ0v) is 10.3. The molecule has 0 aliphatic heterocycles. The van der Waals surface area contributed by atoms with E-state index in [1.165, 1.54) is 6.07 Å². The van der Waals surface area contributed by atoms with Crippen LogP contribution in [0.3, 0.4) is 0 Å². The molecule has 1 aromatic carbocycles. The molecule has 0 aliphatic rings. The van der Waals surface area contributed by atoms with Crippen LogP contribution >= 0.6 is 11.6 Å². The highest BCUT2D eigenvalue weighted by Crippen LogP contribution is 2.20. The predicted molar refractivity (Wildman–Crippen MR) is 65.2 cm³/mol. The summed E-state index contributed by atoms with van der Waals surface area (Å²) >= 11 is 5.69. The average molecular weight is 268 g/mol. The van der Waals surface area contributed by atoms with Crippen molar-refractivity contribution in [3.05, 3.63) is 38.9 Å². The van der Waals surface area contributed by atoms with Crippen LogP contribution in [0, 0.1) is 27.4 Å². The fourth-order valence-corrected chi connectivity index (χ4v) is 1.43. The molecular formula is C11H10ClN3O3. The Labute approximate surface area is 108 Å². The minimum Gasteiger partial charge on any atom is -0.351 e. The Morgan fingerprint density at radius 2 is 2.28 bits per heavy atom. The molecular weight excluding hydrogens is 258 g/mol. The number of amides is 1. The fourth-order valence-electron chi connectivity index (χ4n) is 1.20. The molecule has 7 heteroatoms. The Hall–Kier alpha value is -2.13. The number of non-ortho nitro benzene ring substituents is 1. The molecule has 0 fully saturated rings.